The summed E-state index contributed by atoms with van der Waals surface area (Å²) in [5, 5.41) is 3.50. The van der Waals surface area contributed by atoms with Crippen LogP contribution in [0.1, 0.15) is 19.3 Å². The fourth-order valence-corrected chi connectivity index (χ4v) is 2.55. The van der Waals surface area contributed by atoms with E-state index >= 15 is 0 Å². The van der Waals surface area contributed by atoms with Crippen molar-refractivity contribution in [3.63, 3.8) is 0 Å². The lowest BCUT2D eigenvalue weighted by atomic mass is 9.96. The SMILES string of the molecule is COC(=O)N1CCC2CCNC2CC1. The van der Waals surface area contributed by atoms with Crippen LogP contribution in [-0.4, -0.2) is 43.8 Å². The first-order valence-electron chi connectivity index (χ1n) is 5.37. The van der Waals surface area contributed by atoms with Crippen molar-refractivity contribution in [1.29, 1.82) is 0 Å². The lowest BCUT2D eigenvalue weighted by Crippen LogP contribution is -2.33. The van der Waals surface area contributed by atoms with Gasteiger partial charge in [0.1, 0.15) is 0 Å². The fraction of sp³-hybridized carbons (Fsp3) is 0.900. The molecule has 2 atom stereocenters. The molecule has 1 N–H and O–H groups in total. The van der Waals surface area contributed by atoms with Crippen molar-refractivity contribution in [2.24, 2.45) is 5.92 Å². The third kappa shape index (κ3) is 1.85. The molecule has 2 unspecified atom stereocenters. The Morgan fingerprint density at radius 2 is 2.14 bits per heavy atom. The van der Waals surface area contributed by atoms with Crippen LogP contribution in [0.15, 0.2) is 0 Å². The van der Waals surface area contributed by atoms with Gasteiger partial charge < -0.3 is 15.0 Å². The average molecular weight is 198 g/mol. The minimum atomic E-state index is -0.176. The molecular weight excluding hydrogens is 180 g/mol. The first kappa shape index (κ1) is 9.77. The molecule has 4 nitrogen and oxygen atoms in total. The minimum absolute atomic E-state index is 0.176. The number of rotatable bonds is 0. The number of nitrogens with zero attached hydrogens (tertiary/aromatic N) is 1. The number of likely N-dealkylation sites (tertiary alicyclic amines) is 1. The number of carbonyl (C=O) groups is 1. The van der Waals surface area contributed by atoms with Crippen LogP contribution in [0.2, 0.25) is 0 Å². The Kier molecular flexibility index (Phi) is 2.91. The van der Waals surface area contributed by atoms with E-state index in [2.05, 4.69) is 5.32 Å². The quantitative estimate of drug-likeness (QED) is 0.626. The van der Waals surface area contributed by atoms with Gasteiger partial charge in [0.05, 0.1) is 7.11 Å². The molecule has 1 amide bonds. The standard InChI is InChI=1S/C10H18N2O2/c1-14-10(13)12-6-3-8-2-5-11-9(8)4-7-12/h8-9,11H,2-7H2,1H3. The molecule has 2 aliphatic heterocycles. The van der Waals surface area contributed by atoms with Crippen molar-refractivity contribution in [3.05, 3.63) is 0 Å². The van der Waals surface area contributed by atoms with Crippen LogP contribution in [0, 0.1) is 5.92 Å². The van der Waals surface area contributed by atoms with Crippen LogP contribution < -0.4 is 5.32 Å². The molecule has 4 heteroatoms. The summed E-state index contributed by atoms with van der Waals surface area (Å²) < 4.78 is 4.73. The third-order valence-corrected chi connectivity index (χ3v) is 3.40. The van der Waals surface area contributed by atoms with E-state index in [1.165, 1.54) is 13.5 Å². The normalized spacial score (nSPS) is 32.2. The second-order valence-electron chi connectivity index (χ2n) is 4.14. The molecule has 0 radical (unpaired) electrons. The van der Waals surface area contributed by atoms with Gasteiger partial charge in [-0.2, -0.15) is 0 Å². The van der Waals surface area contributed by atoms with Gasteiger partial charge in [-0.3, -0.25) is 0 Å². The molecule has 0 aromatic carbocycles. The summed E-state index contributed by atoms with van der Waals surface area (Å²) in [6.45, 7) is 2.84. The highest BCUT2D eigenvalue weighted by atomic mass is 16.5. The van der Waals surface area contributed by atoms with Gasteiger partial charge in [0.15, 0.2) is 0 Å². The highest BCUT2D eigenvalue weighted by Crippen LogP contribution is 2.25. The van der Waals surface area contributed by atoms with Gasteiger partial charge in [0.2, 0.25) is 0 Å². The van der Waals surface area contributed by atoms with E-state index in [4.69, 9.17) is 4.74 Å². The number of amides is 1. The lowest BCUT2D eigenvalue weighted by Gasteiger charge is -2.18. The van der Waals surface area contributed by atoms with Crippen molar-refractivity contribution < 1.29 is 9.53 Å². The third-order valence-electron chi connectivity index (χ3n) is 3.40. The first-order valence-corrected chi connectivity index (χ1v) is 5.37. The lowest BCUT2D eigenvalue weighted by molar-refractivity contribution is 0.124. The molecule has 2 saturated heterocycles. The maximum Gasteiger partial charge on any atom is 0.409 e. The summed E-state index contributed by atoms with van der Waals surface area (Å²) in [5.74, 6) is 0.768. The van der Waals surface area contributed by atoms with Gasteiger partial charge >= 0.3 is 6.09 Å². The van der Waals surface area contributed by atoms with Gasteiger partial charge in [0.25, 0.3) is 0 Å². The molecule has 2 aliphatic rings. The maximum atomic E-state index is 11.3. The predicted octanol–water partition coefficient (Wildman–Crippen LogP) is 0.827. The molecule has 80 valence electrons. The second-order valence-corrected chi connectivity index (χ2v) is 4.14. The Morgan fingerprint density at radius 1 is 1.36 bits per heavy atom. The van der Waals surface area contributed by atoms with Crippen LogP contribution in [0.5, 0.6) is 0 Å². The molecule has 0 aromatic rings. The van der Waals surface area contributed by atoms with Crippen molar-refractivity contribution in [1.82, 2.24) is 10.2 Å². The van der Waals surface area contributed by atoms with Crippen molar-refractivity contribution in [2.45, 2.75) is 25.3 Å². The van der Waals surface area contributed by atoms with Crippen LogP contribution in [0.25, 0.3) is 0 Å². The zero-order valence-electron chi connectivity index (χ0n) is 8.66. The smallest absolute Gasteiger partial charge is 0.409 e. The van der Waals surface area contributed by atoms with E-state index in [0.717, 1.165) is 38.4 Å². The molecule has 0 bridgehead atoms. The van der Waals surface area contributed by atoms with Gasteiger partial charge in [-0.15, -0.1) is 0 Å². The van der Waals surface area contributed by atoms with Gasteiger partial charge in [-0.1, -0.05) is 0 Å². The van der Waals surface area contributed by atoms with E-state index in [-0.39, 0.29) is 6.09 Å². The van der Waals surface area contributed by atoms with Crippen molar-refractivity contribution in [3.8, 4) is 0 Å². The van der Waals surface area contributed by atoms with Crippen LogP contribution in [0.3, 0.4) is 0 Å². The summed E-state index contributed by atoms with van der Waals surface area (Å²) in [6.07, 6.45) is 3.27. The van der Waals surface area contributed by atoms with Gasteiger partial charge in [-0.25, -0.2) is 4.79 Å². The Morgan fingerprint density at radius 3 is 2.93 bits per heavy atom. The number of hydrogen-bond acceptors (Lipinski definition) is 3. The topological polar surface area (TPSA) is 41.6 Å². The Hall–Kier alpha value is -0.770. The van der Waals surface area contributed by atoms with E-state index in [1.807, 2.05) is 4.90 Å². The molecule has 0 aliphatic carbocycles. The summed E-state index contributed by atoms with van der Waals surface area (Å²) in [6, 6.07) is 0.629. The second kappa shape index (κ2) is 4.17. The molecule has 2 rings (SSSR count). The molecule has 0 aromatic heterocycles. The Labute approximate surface area is 84.6 Å². The fourth-order valence-electron chi connectivity index (χ4n) is 2.55. The number of ether oxygens (including phenoxy) is 1. The van der Waals surface area contributed by atoms with Gasteiger partial charge in [0, 0.05) is 19.1 Å². The largest absolute Gasteiger partial charge is 0.453 e. The van der Waals surface area contributed by atoms with Crippen molar-refractivity contribution in [2.75, 3.05) is 26.7 Å². The molecule has 14 heavy (non-hydrogen) atoms. The van der Waals surface area contributed by atoms with E-state index in [1.54, 1.807) is 0 Å². The average Bonchev–Trinajstić information content (AvgIpc) is 2.56. The highest BCUT2D eigenvalue weighted by Gasteiger charge is 2.31. The number of methoxy groups -OCH3 is 1. The zero-order chi connectivity index (χ0) is 9.97. The van der Waals surface area contributed by atoms with Crippen molar-refractivity contribution >= 4 is 6.09 Å². The summed E-state index contributed by atoms with van der Waals surface area (Å²) in [5.41, 5.74) is 0. The van der Waals surface area contributed by atoms with E-state index in [9.17, 15) is 4.79 Å². The van der Waals surface area contributed by atoms with Crippen LogP contribution in [-0.2, 0) is 4.74 Å². The first-order chi connectivity index (χ1) is 6.81. The summed E-state index contributed by atoms with van der Waals surface area (Å²) in [4.78, 5) is 13.1. The summed E-state index contributed by atoms with van der Waals surface area (Å²) in [7, 11) is 1.45. The number of carbonyl (C=O) groups excluding carboxylic acids is 1. The zero-order valence-corrected chi connectivity index (χ0v) is 8.66. The van der Waals surface area contributed by atoms with E-state index in [0.29, 0.717) is 6.04 Å². The van der Waals surface area contributed by atoms with Crippen LogP contribution in [0.4, 0.5) is 4.79 Å². The number of fused-ring (bicyclic) bond motifs is 1. The molecule has 2 heterocycles. The number of hydrogen-bond donors (Lipinski definition) is 1. The predicted molar refractivity (Wildman–Crippen MR) is 53.1 cm³/mol. The maximum absolute atomic E-state index is 11.3. The molecule has 0 spiro atoms. The Balaban J connectivity index is 1.92. The minimum Gasteiger partial charge on any atom is -0.453 e. The molecule has 0 saturated carbocycles. The Bertz CT molecular complexity index is 206. The molecular formula is C10H18N2O2. The van der Waals surface area contributed by atoms with Crippen LogP contribution >= 0.6 is 0 Å². The molecule has 2 fully saturated rings. The monoisotopic (exact) mass is 198 g/mol. The summed E-state index contributed by atoms with van der Waals surface area (Å²) >= 11 is 0. The van der Waals surface area contributed by atoms with E-state index < -0.39 is 0 Å². The highest BCUT2D eigenvalue weighted by molar-refractivity contribution is 5.67. The van der Waals surface area contributed by atoms with Gasteiger partial charge in [-0.05, 0) is 31.7 Å². The number of nitrogens with one attached hydrogen (secondary N) is 1.